The van der Waals surface area contributed by atoms with Gasteiger partial charge >= 0.3 is 0 Å². The Balaban J connectivity index is 0.00000361. The van der Waals surface area contributed by atoms with Crippen molar-refractivity contribution in [2.45, 2.75) is 44.9 Å². The minimum absolute atomic E-state index is 0. The van der Waals surface area contributed by atoms with E-state index in [0.29, 0.717) is 12.2 Å². The average molecular weight is 318 g/mol. The lowest BCUT2D eigenvalue weighted by molar-refractivity contribution is -0.120. The lowest BCUT2D eigenvalue weighted by Crippen LogP contribution is -2.48. The first kappa shape index (κ1) is 19.2. The summed E-state index contributed by atoms with van der Waals surface area (Å²) in [4.78, 5) is 16.2. The molecule has 0 aliphatic heterocycles. The van der Waals surface area contributed by atoms with Gasteiger partial charge in [-0.2, -0.15) is 11.8 Å². The molecule has 0 aromatic carbocycles. The maximum atomic E-state index is 12.1. The molecule has 1 heterocycles. The molecular weight excluding hydrogens is 294 g/mol. The Bertz CT molecular complexity index is 427. The number of rotatable bonds is 7. The maximum absolute atomic E-state index is 12.1. The molecule has 0 aliphatic carbocycles. The van der Waals surface area contributed by atoms with Crippen molar-refractivity contribution >= 4 is 35.9 Å². The van der Waals surface area contributed by atoms with Gasteiger partial charge in [0.15, 0.2) is 0 Å². The fourth-order valence-electron chi connectivity index (χ4n) is 1.74. The highest BCUT2D eigenvalue weighted by molar-refractivity contribution is 7.98. The van der Waals surface area contributed by atoms with Gasteiger partial charge in [0.2, 0.25) is 5.91 Å². The summed E-state index contributed by atoms with van der Waals surface area (Å²) in [6.45, 7) is 5.89. The first-order valence-electron chi connectivity index (χ1n) is 6.62. The van der Waals surface area contributed by atoms with Crippen LogP contribution in [0.15, 0.2) is 18.3 Å². The molecule has 3 N–H and O–H groups in total. The molecule has 114 valence electrons. The Kier molecular flexibility index (Phi) is 8.85. The van der Waals surface area contributed by atoms with Crippen LogP contribution in [0.5, 0.6) is 0 Å². The van der Waals surface area contributed by atoms with Crippen LogP contribution in [0.3, 0.4) is 0 Å². The number of carbonyl (C=O) groups is 1. The molecule has 1 aromatic rings. The summed E-state index contributed by atoms with van der Waals surface area (Å²) in [5.41, 5.74) is 6.31. The summed E-state index contributed by atoms with van der Waals surface area (Å²) in [6.07, 6.45) is 3.25. The molecule has 0 saturated heterocycles. The predicted molar refractivity (Wildman–Crippen MR) is 89.5 cm³/mol. The number of aromatic nitrogens is 1. The van der Waals surface area contributed by atoms with E-state index < -0.39 is 5.54 Å². The smallest absolute Gasteiger partial charge is 0.245 e. The number of hydrogen-bond donors (Lipinski definition) is 2. The first-order chi connectivity index (χ1) is 8.99. The van der Waals surface area contributed by atoms with E-state index in [1.807, 2.05) is 30.8 Å². The van der Waals surface area contributed by atoms with Crippen LogP contribution in [0.2, 0.25) is 0 Å². The van der Waals surface area contributed by atoms with Crippen molar-refractivity contribution in [3.63, 3.8) is 0 Å². The van der Waals surface area contributed by atoms with Crippen LogP contribution in [-0.2, 0) is 10.5 Å². The van der Waals surface area contributed by atoms with Gasteiger partial charge in [-0.15, -0.1) is 12.4 Å². The van der Waals surface area contributed by atoms with Gasteiger partial charge in [0.25, 0.3) is 0 Å². The van der Waals surface area contributed by atoms with Gasteiger partial charge in [-0.3, -0.25) is 4.79 Å². The van der Waals surface area contributed by atoms with Crippen LogP contribution >= 0.6 is 24.2 Å². The Hall–Kier alpha value is -0.780. The molecule has 0 bridgehead atoms. The molecule has 1 amide bonds. The number of halogens is 1. The van der Waals surface area contributed by atoms with Gasteiger partial charge in [-0.05, 0) is 36.8 Å². The van der Waals surface area contributed by atoms with Crippen LogP contribution in [0.25, 0.3) is 0 Å². The highest BCUT2D eigenvalue weighted by atomic mass is 35.5. The lowest BCUT2D eigenvalue weighted by Gasteiger charge is -2.22. The van der Waals surface area contributed by atoms with Gasteiger partial charge in [0.1, 0.15) is 5.82 Å². The Labute approximate surface area is 131 Å². The fraction of sp³-hybridized carbons (Fsp3) is 0.571. The van der Waals surface area contributed by atoms with E-state index in [2.05, 4.69) is 17.2 Å². The summed E-state index contributed by atoms with van der Waals surface area (Å²) < 4.78 is 0. The van der Waals surface area contributed by atoms with Crippen molar-refractivity contribution in [2.24, 2.45) is 5.73 Å². The molecule has 1 atom stereocenters. The zero-order chi connectivity index (χ0) is 14.3. The molecule has 1 rings (SSSR count). The Morgan fingerprint density at radius 1 is 1.50 bits per heavy atom. The van der Waals surface area contributed by atoms with Gasteiger partial charge in [-0.1, -0.05) is 20.3 Å². The maximum Gasteiger partial charge on any atom is 0.245 e. The highest BCUT2D eigenvalue weighted by Crippen LogP contribution is 2.16. The van der Waals surface area contributed by atoms with Crippen molar-refractivity contribution in [3.05, 3.63) is 23.9 Å². The zero-order valence-electron chi connectivity index (χ0n) is 12.3. The Morgan fingerprint density at radius 3 is 2.80 bits per heavy atom. The number of amides is 1. The van der Waals surface area contributed by atoms with E-state index in [-0.39, 0.29) is 18.3 Å². The number of pyridine rings is 1. The molecule has 20 heavy (non-hydrogen) atoms. The van der Waals surface area contributed by atoms with E-state index in [1.54, 1.807) is 13.1 Å². The second-order valence-corrected chi connectivity index (χ2v) is 6.08. The Morgan fingerprint density at radius 2 is 2.20 bits per heavy atom. The van der Waals surface area contributed by atoms with Gasteiger partial charge in [0.05, 0.1) is 5.54 Å². The number of hydrogen-bond acceptors (Lipinski definition) is 4. The third-order valence-corrected chi connectivity index (χ3v) is 3.77. The third kappa shape index (κ3) is 6.11. The second kappa shape index (κ2) is 9.21. The van der Waals surface area contributed by atoms with E-state index in [9.17, 15) is 4.79 Å². The van der Waals surface area contributed by atoms with Crippen molar-refractivity contribution in [2.75, 3.05) is 11.1 Å². The summed E-state index contributed by atoms with van der Waals surface area (Å²) in [5.74, 6) is 2.40. The van der Waals surface area contributed by atoms with Crippen LogP contribution in [0.4, 0.5) is 5.82 Å². The molecule has 4 nitrogen and oxygen atoms in total. The molecule has 1 unspecified atom stereocenters. The summed E-state index contributed by atoms with van der Waals surface area (Å²) in [6, 6.07) is 3.87. The van der Waals surface area contributed by atoms with Gasteiger partial charge in [-0.25, -0.2) is 4.98 Å². The molecular formula is C14H24ClN3OS. The standard InChI is InChI=1S/C14H23N3OS.ClH/c1-4-7-14(3,15)13(18)17-12-9-11(6-8-16-12)10-19-5-2;/h6,8-9H,4-5,7,10,15H2,1-3H3,(H,16,17,18);1H. The monoisotopic (exact) mass is 317 g/mol. The van der Waals surface area contributed by atoms with E-state index >= 15 is 0 Å². The first-order valence-corrected chi connectivity index (χ1v) is 7.78. The molecule has 0 saturated carbocycles. The summed E-state index contributed by atoms with van der Waals surface area (Å²) in [5, 5.41) is 2.80. The zero-order valence-corrected chi connectivity index (χ0v) is 13.9. The number of nitrogens with zero attached hydrogens (tertiary/aromatic N) is 1. The molecule has 0 radical (unpaired) electrons. The molecule has 0 aliphatic rings. The van der Waals surface area contributed by atoms with Crippen LogP contribution in [0, 0.1) is 0 Å². The minimum Gasteiger partial charge on any atom is -0.318 e. The number of thioether (sulfide) groups is 1. The average Bonchev–Trinajstić information content (AvgIpc) is 2.36. The molecule has 6 heteroatoms. The lowest BCUT2D eigenvalue weighted by atomic mass is 9.96. The highest BCUT2D eigenvalue weighted by Gasteiger charge is 2.27. The SMILES string of the molecule is CCCC(C)(N)C(=O)Nc1cc(CSCC)ccn1.Cl. The van der Waals surface area contributed by atoms with Crippen molar-refractivity contribution < 1.29 is 4.79 Å². The van der Waals surface area contributed by atoms with Gasteiger partial charge in [0, 0.05) is 11.9 Å². The largest absolute Gasteiger partial charge is 0.318 e. The van der Waals surface area contributed by atoms with Crippen LogP contribution in [-0.4, -0.2) is 22.2 Å². The van der Waals surface area contributed by atoms with Crippen molar-refractivity contribution in [1.82, 2.24) is 4.98 Å². The van der Waals surface area contributed by atoms with E-state index in [4.69, 9.17) is 5.73 Å². The summed E-state index contributed by atoms with van der Waals surface area (Å²) >= 11 is 1.84. The van der Waals surface area contributed by atoms with Crippen LogP contribution in [0.1, 0.15) is 39.2 Å². The molecule has 0 spiro atoms. The topological polar surface area (TPSA) is 68.0 Å². The number of nitrogens with one attached hydrogen (secondary N) is 1. The number of carbonyl (C=O) groups excluding carboxylic acids is 1. The van der Waals surface area contributed by atoms with Gasteiger partial charge < -0.3 is 11.1 Å². The summed E-state index contributed by atoms with van der Waals surface area (Å²) in [7, 11) is 0. The number of nitrogens with two attached hydrogens (primary N) is 1. The molecule has 1 aromatic heterocycles. The van der Waals surface area contributed by atoms with Crippen molar-refractivity contribution in [1.29, 1.82) is 0 Å². The molecule has 0 fully saturated rings. The van der Waals surface area contributed by atoms with Crippen LogP contribution < -0.4 is 11.1 Å². The van der Waals surface area contributed by atoms with E-state index in [0.717, 1.165) is 23.5 Å². The quantitative estimate of drug-likeness (QED) is 0.810. The minimum atomic E-state index is -0.843. The third-order valence-electron chi connectivity index (χ3n) is 2.83. The van der Waals surface area contributed by atoms with E-state index in [1.165, 1.54) is 0 Å². The fourth-order valence-corrected chi connectivity index (χ4v) is 2.36. The normalized spacial score (nSPS) is 13.2. The predicted octanol–water partition coefficient (Wildman–Crippen LogP) is 3.21. The number of anilines is 1. The second-order valence-electron chi connectivity index (χ2n) is 4.81. The van der Waals surface area contributed by atoms with Crippen molar-refractivity contribution in [3.8, 4) is 0 Å².